The zero-order valence-corrected chi connectivity index (χ0v) is 8.22. The highest BCUT2D eigenvalue weighted by atomic mass is 32.1. The van der Waals surface area contributed by atoms with Crippen molar-refractivity contribution in [2.24, 2.45) is 7.05 Å². The number of nitrogens with zero attached hydrogens (tertiary/aromatic N) is 1. The van der Waals surface area contributed by atoms with Crippen LogP contribution in [0.1, 0.15) is 0 Å². The highest BCUT2D eigenvalue weighted by Gasteiger charge is 2.04. The molecule has 0 fully saturated rings. The highest BCUT2D eigenvalue weighted by Crippen LogP contribution is 2.21. The molecule has 1 aromatic heterocycles. The third-order valence-corrected chi connectivity index (χ3v) is 3.01. The largest absolute Gasteiger partial charge is 0.497 e. The molecule has 0 N–H and O–H groups in total. The molecule has 2 rings (SSSR count). The molecule has 13 heavy (non-hydrogen) atoms. The first-order chi connectivity index (χ1) is 6.22. The summed E-state index contributed by atoms with van der Waals surface area (Å²) in [6.07, 6.45) is 0. The molecule has 0 unspecified atom stereocenters. The van der Waals surface area contributed by atoms with Crippen LogP contribution in [0, 0.1) is 0 Å². The van der Waals surface area contributed by atoms with Gasteiger partial charge in [0.05, 0.1) is 17.3 Å². The average molecular weight is 195 g/mol. The van der Waals surface area contributed by atoms with Gasteiger partial charge in [-0.1, -0.05) is 11.3 Å². The van der Waals surface area contributed by atoms with Gasteiger partial charge in [0.2, 0.25) is 0 Å². The zero-order valence-electron chi connectivity index (χ0n) is 7.40. The minimum absolute atomic E-state index is 0.0586. The van der Waals surface area contributed by atoms with Gasteiger partial charge in [-0.2, -0.15) is 0 Å². The number of fused-ring (bicyclic) bond motifs is 1. The molecule has 0 aliphatic carbocycles. The van der Waals surface area contributed by atoms with Crippen LogP contribution in [0.25, 0.3) is 10.2 Å². The Hall–Kier alpha value is -1.29. The predicted octanol–water partition coefficient (Wildman–Crippen LogP) is 1.61. The smallest absolute Gasteiger partial charge is 0.307 e. The lowest BCUT2D eigenvalue weighted by atomic mass is 10.3. The molecule has 1 aromatic carbocycles. The Labute approximate surface area is 79.2 Å². The van der Waals surface area contributed by atoms with Gasteiger partial charge in [0.1, 0.15) is 5.75 Å². The maximum atomic E-state index is 11.3. The summed E-state index contributed by atoms with van der Waals surface area (Å²) in [5, 5.41) is 0. The molecule has 0 amide bonds. The number of hydrogen-bond donors (Lipinski definition) is 0. The van der Waals surface area contributed by atoms with E-state index in [1.54, 1.807) is 18.7 Å². The fraction of sp³-hybridized carbons (Fsp3) is 0.222. The third-order valence-electron chi connectivity index (χ3n) is 2.00. The molecule has 0 spiro atoms. The van der Waals surface area contributed by atoms with Crippen molar-refractivity contribution in [3.8, 4) is 5.75 Å². The first-order valence-corrected chi connectivity index (χ1v) is 4.67. The lowest BCUT2D eigenvalue weighted by Crippen LogP contribution is -2.06. The summed E-state index contributed by atoms with van der Waals surface area (Å²) in [6, 6.07) is 5.63. The topological polar surface area (TPSA) is 31.2 Å². The standard InChI is InChI=1S/C9H9NO2S/c1-10-7-5-6(12-2)3-4-8(7)13-9(10)11/h3-5H,1-2H3. The average Bonchev–Trinajstić information content (AvgIpc) is 2.43. The first-order valence-electron chi connectivity index (χ1n) is 3.86. The van der Waals surface area contributed by atoms with Gasteiger partial charge < -0.3 is 9.30 Å². The van der Waals surface area contributed by atoms with Gasteiger partial charge in [0.25, 0.3) is 0 Å². The molecule has 0 saturated heterocycles. The molecule has 2 aromatic rings. The van der Waals surface area contributed by atoms with Gasteiger partial charge >= 0.3 is 4.87 Å². The number of benzene rings is 1. The normalized spacial score (nSPS) is 10.6. The maximum Gasteiger partial charge on any atom is 0.307 e. The Morgan fingerprint density at radius 1 is 1.46 bits per heavy atom. The van der Waals surface area contributed by atoms with Gasteiger partial charge in [0, 0.05) is 13.1 Å². The summed E-state index contributed by atoms with van der Waals surface area (Å²) in [7, 11) is 3.38. The molecule has 0 saturated carbocycles. The fourth-order valence-corrected chi connectivity index (χ4v) is 2.09. The van der Waals surface area contributed by atoms with Crippen LogP contribution in [0.5, 0.6) is 5.75 Å². The number of aromatic nitrogens is 1. The molecule has 0 aliphatic heterocycles. The summed E-state index contributed by atoms with van der Waals surface area (Å²) in [5.74, 6) is 0.779. The van der Waals surface area contributed by atoms with Crippen LogP contribution in [-0.4, -0.2) is 11.7 Å². The molecular weight excluding hydrogens is 186 g/mol. The van der Waals surface area contributed by atoms with Crippen molar-refractivity contribution < 1.29 is 4.74 Å². The summed E-state index contributed by atoms with van der Waals surface area (Å²) < 4.78 is 7.70. The maximum absolute atomic E-state index is 11.3. The minimum atomic E-state index is 0.0586. The van der Waals surface area contributed by atoms with E-state index in [1.165, 1.54) is 11.3 Å². The Bertz CT molecular complexity index is 498. The van der Waals surface area contributed by atoms with Crippen LogP contribution in [0.4, 0.5) is 0 Å². The first kappa shape index (κ1) is 8.31. The van der Waals surface area contributed by atoms with E-state index in [2.05, 4.69) is 0 Å². The molecule has 0 atom stereocenters. The SMILES string of the molecule is COc1ccc2sc(=O)n(C)c2c1. The molecule has 3 nitrogen and oxygen atoms in total. The number of methoxy groups -OCH3 is 1. The van der Waals surface area contributed by atoms with Crippen LogP contribution >= 0.6 is 11.3 Å². The Balaban J connectivity index is 2.82. The van der Waals surface area contributed by atoms with E-state index in [9.17, 15) is 4.79 Å². The second kappa shape index (κ2) is 2.88. The molecule has 4 heteroatoms. The molecule has 0 bridgehead atoms. The van der Waals surface area contributed by atoms with Gasteiger partial charge in [-0.15, -0.1) is 0 Å². The van der Waals surface area contributed by atoms with Crippen LogP contribution in [0.15, 0.2) is 23.0 Å². The second-order valence-electron chi connectivity index (χ2n) is 2.76. The van der Waals surface area contributed by atoms with Gasteiger partial charge in [-0.3, -0.25) is 4.79 Å². The number of rotatable bonds is 1. The van der Waals surface area contributed by atoms with E-state index < -0.39 is 0 Å². The molecule has 0 radical (unpaired) electrons. The van der Waals surface area contributed by atoms with Gasteiger partial charge in [0.15, 0.2) is 0 Å². The number of thiazole rings is 1. The van der Waals surface area contributed by atoms with Crippen molar-refractivity contribution in [2.45, 2.75) is 0 Å². The summed E-state index contributed by atoms with van der Waals surface area (Å²) in [5.41, 5.74) is 0.925. The summed E-state index contributed by atoms with van der Waals surface area (Å²) in [4.78, 5) is 11.3. The Kier molecular flexibility index (Phi) is 1.84. The Morgan fingerprint density at radius 2 is 2.23 bits per heavy atom. The van der Waals surface area contributed by atoms with Crippen molar-refractivity contribution in [2.75, 3.05) is 7.11 Å². The van der Waals surface area contributed by atoms with E-state index in [-0.39, 0.29) is 4.87 Å². The third kappa shape index (κ3) is 1.23. The number of aryl methyl sites for hydroxylation is 1. The molecule has 68 valence electrons. The van der Waals surface area contributed by atoms with Crippen LogP contribution in [0.2, 0.25) is 0 Å². The quantitative estimate of drug-likeness (QED) is 0.692. The van der Waals surface area contributed by atoms with E-state index in [4.69, 9.17) is 4.74 Å². The predicted molar refractivity (Wildman–Crippen MR) is 53.6 cm³/mol. The van der Waals surface area contributed by atoms with E-state index in [0.29, 0.717) is 0 Å². The number of ether oxygens (including phenoxy) is 1. The van der Waals surface area contributed by atoms with Gasteiger partial charge in [-0.05, 0) is 12.1 Å². The molecular formula is C9H9NO2S. The summed E-state index contributed by atoms with van der Waals surface area (Å²) >= 11 is 1.25. The van der Waals surface area contributed by atoms with Crippen LogP contribution < -0.4 is 9.61 Å². The van der Waals surface area contributed by atoms with E-state index in [1.807, 2.05) is 18.2 Å². The summed E-state index contributed by atoms with van der Waals surface area (Å²) in [6.45, 7) is 0. The number of hydrogen-bond acceptors (Lipinski definition) is 3. The lowest BCUT2D eigenvalue weighted by molar-refractivity contribution is 0.415. The molecule has 1 heterocycles. The minimum Gasteiger partial charge on any atom is -0.497 e. The second-order valence-corrected chi connectivity index (χ2v) is 3.75. The van der Waals surface area contributed by atoms with Crippen molar-refractivity contribution in [1.29, 1.82) is 0 Å². The lowest BCUT2D eigenvalue weighted by Gasteiger charge is -1.99. The van der Waals surface area contributed by atoms with Crippen LogP contribution in [-0.2, 0) is 7.05 Å². The van der Waals surface area contributed by atoms with Crippen molar-refractivity contribution in [3.63, 3.8) is 0 Å². The van der Waals surface area contributed by atoms with Gasteiger partial charge in [-0.25, -0.2) is 0 Å². The monoisotopic (exact) mass is 195 g/mol. The zero-order chi connectivity index (χ0) is 9.42. The van der Waals surface area contributed by atoms with E-state index in [0.717, 1.165) is 16.0 Å². The van der Waals surface area contributed by atoms with Crippen LogP contribution in [0.3, 0.4) is 0 Å². The van der Waals surface area contributed by atoms with Crippen molar-refractivity contribution in [3.05, 3.63) is 27.9 Å². The fourth-order valence-electron chi connectivity index (χ4n) is 1.23. The Morgan fingerprint density at radius 3 is 2.92 bits per heavy atom. The molecule has 0 aliphatic rings. The van der Waals surface area contributed by atoms with E-state index >= 15 is 0 Å². The van der Waals surface area contributed by atoms with Crippen molar-refractivity contribution in [1.82, 2.24) is 4.57 Å². The highest BCUT2D eigenvalue weighted by molar-refractivity contribution is 7.16. The van der Waals surface area contributed by atoms with Crippen molar-refractivity contribution >= 4 is 21.6 Å².